The number of nitrogens with zero attached hydrogens (tertiary/aromatic N) is 2. The van der Waals surface area contributed by atoms with Crippen LogP contribution in [0.25, 0.3) is 11.3 Å². The summed E-state index contributed by atoms with van der Waals surface area (Å²) < 4.78 is 5.50. The average Bonchev–Trinajstić information content (AvgIpc) is 3.13. The fourth-order valence-electron chi connectivity index (χ4n) is 2.56. The molecule has 142 valence electrons. The van der Waals surface area contributed by atoms with Crippen LogP contribution >= 0.6 is 11.6 Å². The van der Waals surface area contributed by atoms with Gasteiger partial charge < -0.3 is 9.73 Å². The standard InChI is InChI=1S/C18H12ClN3O6/c1-10-14(3-2-4-15(10)22(26)27)20-18(23)17-8-7-16(28-17)12-6-5-11(21(24)25)9-13(12)19/h2-9H,1H3,(H,20,23). The molecule has 0 atom stereocenters. The van der Waals surface area contributed by atoms with Crippen molar-refractivity contribution in [2.45, 2.75) is 6.92 Å². The van der Waals surface area contributed by atoms with Crippen molar-refractivity contribution < 1.29 is 19.1 Å². The summed E-state index contributed by atoms with van der Waals surface area (Å²) in [6.45, 7) is 1.53. The number of furan rings is 1. The van der Waals surface area contributed by atoms with Crippen molar-refractivity contribution in [3.05, 3.63) is 85.1 Å². The van der Waals surface area contributed by atoms with Crippen molar-refractivity contribution in [1.82, 2.24) is 0 Å². The number of hydrogen-bond acceptors (Lipinski definition) is 6. The van der Waals surface area contributed by atoms with Crippen LogP contribution in [0.3, 0.4) is 0 Å². The molecule has 0 aliphatic rings. The molecule has 10 heteroatoms. The number of hydrogen-bond donors (Lipinski definition) is 1. The molecule has 0 aliphatic carbocycles. The number of rotatable bonds is 5. The lowest BCUT2D eigenvalue weighted by Gasteiger charge is -2.07. The van der Waals surface area contributed by atoms with E-state index in [1.807, 2.05) is 0 Å². The highest BCUT2D eigenvalue weighted by atomic mass is 35.5. The first-order chi connectivity index (χ1) is 13.3. The maximum Gasteiger partial charge on any atom is 0.291 e. The zero-order valence-electron chi connectivity index (χ0n) is 14.3. The number of carbonyl (C=O) groups is 1. The molecule has 3 aromatic rings. The minimum Gasteiger partial charge on any atom is -0.451 e. The first-order valence-corrected chi connectivity index (χ1v) is 8.25. The average molecular weight is 402 g/mol. The van der Waals surface area contributed by atoms with E-state index in [9.17, 15) is 25.0 Å². The van der Waals surface area contributed by atoms with Gasteiger partial charge in [-0.25, -0.2) is 0 Å². The number of nitrogens with one attached hydrogen (secondary N) is 1. The number of nitro groups is 2. The number of nitro benzene ring substituents is 2. The second-order valence-electron chi connectivity index (χ2n) is 5.75. The monoisotopic (exact) mass is 401 g/mol. The van der Waals surface area contributed by atoms with E-state index in [1.165, 1.54) is 55.5 Å². The van der Waals surface area contributed by atoms with Crippen molar-refractivity contribution in [3.63, 3.8) is 0 Å². The first-order valence-electron chi connectivity index (χ1n) is 7.87. The Bertz CT molecular complexity index is 1110. The van der Waals surface area contributed by atoms with Crippen LogP contribution in [0.4, 0.5) is 17.1 Å². The van der Waals surface area contributed by atoms with Crippen LogP contribution in [0.15, 0.2) is 52.9 Å². The summed E-state index contributed by atoms with van der Waals surface area (Å²) in [4.78, 5) is 33.1. The van der Waals surface area contributed by atoms with Crippen LogP contribution < -0.4 is 5.32 Å². The van der Waals surface area contributed by atoms with Crippen LogP contribution in [0.5, 0.6) is 0 Å². The molecule has 0 bridgehead atoms. The highest BCUT2D eigenvalue weighted by molar-refractivity contribution is 6.33. The van der Waals surface area contributed by atoms with Gasteiger partial charge in [-0.1, -0.05) is 17.7 Å². The largest absolute Gasteiger partial charge is 0.451 e. The second kappa shape index (κ2) is 7.49. The zero-order valence-corrected chi connectivity index (χ0v) is 15.1. The maximum atomic E-state index is 12.4. The molecule has 0 radical (unpaired) electrons. The van der Waals surface area contributed by atoms with Crippen LogP contribution in [0.2, 0.25) is 5.02 Å². The van der Waals surface area contributed by atoms with Crippen LogP contribution in [-0.4, -0.2) is 15.8 Å². The van der Waals surface area contributed by atoms with Crippen molar-refractivity contribution in [3.8, 4) is 11.3 Å². The van der Waals surface area contributed by atoms with Gasteiger partial charge in [0.15, 0.2) is 5.76 Å². The maximum absolute atomic E-state index is 12.4. The molecule has 2 aromatic carbocycles. The smallest absolute Gasteiger partial charge is 0.291 e. The lowest BCUT2D eigenvalue weighted by Crippen LogP contribution is -2.12. The van der Waals surface area contributed by atoms with Crippen LogP contribution in [0.1, 0.15) is 16.1 Å². The molecule has 1 N–H and O–H groups in total. The molecule has 0 fully saturated rings. The molecule has 0 spiro atoms. The van der Waals surface area contributed by atoms with Gasteiger partial charge in [-0.05, 0) is 31.2 Å². The van der Waals surface area contributed by atoms with Crippen molar-refractivity contribution >= 4 is 34.6 Å². The molecule has 1 aromatic heterocycles. The Morgan fingerprint density at radius 2 is 1.82 bits per heavy atom. The van der Waals surface area contributed by atoms with E-state index >= 15 is 0 Å². The van der Waals surface area contributed by atoms with E-state index in [-0.39, 0.29) is 33.6 Å². The first kappa shape index (κ1) is 19.1. The Morgan fingerprint density at radius 1 is 1.07 bits per heavy atom. The molecule has 3 rings (SSSR count). The van der Waals surface area contributed by atoms with Crippen molar-refractivity contribution in [1.29, 1.82) is 0 Å². The molecule has 1 heterocycles. The summed E-state index contributed by atoms with van der Waals surface area (Å²) in [7, 11) is 0. The van der Waals surface area contributed by atoms with Crippen molar-refractivity contribution in [2.24, 2.45) is 0 Å². The van der Waals surface area contributed by atoms with Gasteiger partial charge in [0.25, 0.3) is 17.3 Å². The molecule has 0 saturated carbocycles. The predicted octanol–water partition coefficient (Wildman–Crippen LogP) is 4.98. The fourth-order valence-corrected chi connectivity index (χ4v) is 2.83. The van der Waals surface area contributed by atoms with E-state index < -0.39 is 15.8 Å². The highest BCUT2D eigenvalue weighted by Crippen LogP contribution is 2.32. The normalized spacial score (nSPS) is 10.5. The lowest BCUT2D eigenvalue weighted by molar-refractivity contribution is -0.385. The summed E-state index contributed by atoms with van der Waals surface area (Å²) in [5.74, 6) is -0.399. The number of non-ortho nitro benzene ring substituents is 1. The summed E-state index contributed by atoms with van der Waals surface area (Å²) in [6.07, 6.45) is 0. The SMILES string of the molecule is Cc1c(NC(=O)c2ccc(-c3ccc([N+](=O)[O-])cc3Cl)o2)cccc1[N+](=O)[O-]. The van der Waals surface area contributed by atoms with Gasteiger partial charge >= 0.3 is 0 Å². The van der Waals surface area contributed by atoms with E-state index in [2.05, 4.69) is 5.32 Å². The van der Waals surface area contributed by atoms with E-state index in [0.717, 1.165) is 0 Å². The van der Waals surface area contributed by atoms with Crippen LogP contribution in [-0.2, 0) is 0 Å². The molecule has 28 heavy (non-hydrogen) atoms. The van der Waals surface area contributed by atoms with Gasteiger partial charge in [0.1, 0.15) is 5.76 Å². The quantitative estimate of drug-likeness (QED) is 0.474. The van der Waals surface area contributed by atoms with Gasteiger partial charge in [0.05, 0.1) is 26.1 Å². The predicted molar refractivity (Wildman–Crippen MR) is 102 cm³/mol. The van der Waals surface area contributed by atoms with Gasteiger partial charge in [0, 0.05) is 23.8 Å². The molecule has 9 nitrogen and oxygen atoms in total. The number of benzene rings is 2. The van der Waals surface area contributed by atoms with E-state index in [4.69, 9.17) is 16.0 Å². The summed E-state index contributed by atoms with van der Waals surface area (Å²) >= 11 is 6.07. The fraction of sp³-hybridized carbons (Fsp3) is 0.0556. The van der Waals surface area contributed by atoms with Gasteiger partial charge in [0.2, 0.25) is 0 Å². The third-order valence-electron chi connectivity index (χ3n) is 4.01. The third kappa shape index (κ3) is 3.69. The minimum atomic E-state index is -0.604. The number of carbonyl (C=O) groups excluding carboxylic acids is 1. The Kier molecular flexibility index (Phi) is 5.10. The van der Waals surface area contributed by atoms with E-state index in [1.54, 1.807) is 0 Å². The highest BCUT2D eigenvalue weighted by Gasteiger charge is 2.19. The Balaban J connectivity index is 1.85. The van der Waals surface area contributed by atoms with Crippen molar-refractivity contribution in [2.75, 3.05) is 5.32 Å². The third-order valence-corrected chi connectivity index (χ3v) is 4.32. The molecule has 0 saturated heterocycles. The Morgan fingerprint density at radius 3 is 2.46 bits per heavy atom. The topological polar surface area (TPSA) is 129 Å². The summed E-state index contributed by atoms with van der Waals surface area (Å²) in [5.41, 5.74) is 0.699. The Labute approximate surface area is 162 Å². The summed E-state index contributed by atoms with van der Waals surface area (Å²) in [6, 6.07) is 11.1. The molecular formula is C18H12ClN3O6. The molecule has 1 amide bonds. The van der Waals surface area contributed by atoms with Gasteiger partial charge in [-0.3, -0.25) is 25.0 Å². The van der Waals surface area contributed by atoms with Gasteiger partial charge in [-0.2, -0.15) is 0 Å². The summed E-state index contributed by atoms with van der Waals surface area (Å²) in [5, 5.41) is 24.5. The van der Waals surface area contributed by atoms with E-state index in [0.29, 0.717) is 11.1 Å². The second-order valence-corrected chi connectivity index (χ2v) is 6.15. The molecular weight excluding hydrogens is 390 g/mol. The zero-order chi connectivity index (χ0) is 20.4. The molecule has 0 aliphatic heterocycles. The lowest BCUT2D eigenvalue weighted by atomic mass is 10.1. The van der Waals surface area contributed by atoms with Crippen LogP contribution in [0, 0.1) is 27.2 Å². The Hall–Kier alpha value is -3.72. The number of anilines is 1. The molecule has 0 unspecified atom stereocenters. The number of amides is 1. The minimum absolute atomic E-state index is 0.0460. The number of halogens is 1. The van der Waals surface area contributed by atoms with Gasteiger partial charge in [-0.15, -0.1) is 0 Å².